The molecule has 0 saturated heterocycles. The molecule has 2 nitrogen and oxygen atoms in total. The molecule has 32 heavy (non-hydrogen) atoms. The minimum atomic E-state index is -0.416. The summed E-state index contributed by atoms with van der Waals surface area (Å²) in [7, 11) is -0.222. The lowest BCUT2D eigenvalue weighted by Gasteiger charge is -2.34. The molecule has 0 N–H and O–H groups in total. The number of benzene rings is 3. The molecule has 1 unspecified atom stereocenters. The van der Waals surface area contributed by atoms with Gasteiger partial charge in [0.2, 0.25) is 0 Å². The van der Waals surface area contributed by atoms with Crippen molar-refractivity contribution < 1.29 is 9.53 Å². The van der Waals surface area contributed by atoms with Crippen molar-refractivity contribution in [3.8, 4) is 0 Å². The van der Waals surface area contributed by atoms with Crippen molar-refractivity contribution in [3.63, 3.8) is 0 Å². The summed E-state index contributed by atoms with van der Waals surface area (Å²) >= 11 is 0. The Bertz CT molecular complexity index is 1070. The van der Waals surface area contributed by atoms with Crippen LogP contribution in [-0.2, 0) is 15.6 Å². The molecule has 0 radical (unpaired) electrons. The molecule has 3 heteroatoms. The molecule has 3 aromatic rings. The Morgan fingerprint density at radius 3 is 1.84 bits per heavy atom. The molecule has 1 atom stereocenters. The van der Waals surface area contributed by atoms with E-state index in [1.165, 1.54) is 14.7 Å². The van der Waals surface area contributed by atoms with E-state index in [0.717, 1.165) is 25.7 Å². The van der Waals surface area contributed by atoms with E-state index in [1.54, 1.807) is 0 Å². The highest BCUT2D eigenvalue weighted by Gasteiger charge is 2.42. The molecule has 2 aliphatic rings. The summed E-state index contributed by atoms with van der Waals surface area (Å²) in [6.45, 7) is 0. The molecule has 2 aliphatic carbocycles. The van der Waals surface area contributed by atoms with Gasteiger partial charge in [0.25, 0.3) is 0 Å². The Morgan fingerprint density at radius 1 is 0.750 bits per heavy atom. The zero-order chi connectivity index (χ0) is 21.8. The van der Waals surface area contributed by atoms with Crippen molar-refractivity contribution in [3.05, 3.63) is 115 Å². The first-order valence-corrected chi connectivity index (χ1v) is 12.5. The maximum absolute atomic E-state index is 13.1. The second-order valence-electron chi connectivity index (χ2n) is 8.40. The van der Waals surface area contributed by atoms with Crippen LogP contribution in [0.5, 0.6) is 0 Å². The van der Waals surface area contributed by atoms with Crippen molar-refractivity contribution in [1.29, 1.82) is 0 Å². The summed E-state index contributed by atoms with van der Waals surface area (Å²) < 4.78 is 6.19. The van der Waals surface area contributed by atoms with Crippen LogP contribution < -0.4 is 0 Å². The van der Waals surface area contributed by atoms with Crippen LogP contribution in [0.4, 0.5) is 0 Å². The number of hydrogen-bond acceptors (Lipinski definition) is 2. The second kappa shape index (κ2) is 9.22. The molecule has 0 saturated carbocycles. The number of carbonyl (C=O) groups is 1. The van der Waals surface area contributed by atoms with Crippen molar-refractivity contribution in [2.24, 2.45) is 5.92 Å². The molecule has 0 bridgehead atoms. The number of ether oxygens (including phenoxy) is 1. The molecule has 0 heterocycles. The first-order chi connectivity index (χ1) is 15.8. The lowest BCUT2D eigenvalue weighted by molar-refractivity contribution is -0.0337. The predicted molar refractivity (Wildman–Crippen MR) is 130 cm³/mol. The third-order valence-electron chi connectivity index (χ3n) is 6.36. The Hall–Kier alpha value is -3.04. The van der Waals surface area contributed by atoms with Gasteiger partial charge in [-0.25, -0.2) is 4.79 Å². The van der Waals surface area contributed by atoms with E-state index in [2.05, 4.69) is 85.0 Å². The first kappa shape index (κ1) is 20.8. The van der Waals surface area contributed by atoms with Gasteiger partial charge in [0, 0.05) is 18.8 Å². The summed E-state index contributed by atoms with van der Waals surface area (Å²) in [6.07, 6.45) is 12.5. The number of esters is 1. The smallest absolute Gasteiger partial charge is 0.338 e. The quantitative estimate of drug-likeness (QED) is 0.235. The van der Waals surface area contributed by atoms with Gasteiger partial charge >= 0.3 is 5.97 Å². The molecule has 0 aromatic heterocycles. The largest absolute Gasteiger partial charge is 0.454 e. The van der Waals surface area contributed by atoms with Gasteiger partial charge in [-0.3, -0.25) is 0 Å². The molecule has 0 fully saturated rings. The summed E-state index contributed by atoms with van der Waals surface area (Å²) in [5.41, 5.74) is 0.202. The van der Waals surface area contributed by atoms with Crippen LogP contribution >= 0.6 is 0 Å². The molecule has 0 spiro atoms. The summed E-state index contributed by atoms with van der Waals surface area (Å²) in [5.74, 6) is 0.0857. The van der Waals surface area contributed by atoms with E-state index in [-0.39, 0.29) is 16.9 Å². The fourth-order valence-corrected chi connectivity index (χ4v) is 6.76. The summed E-state index contributed by atoms with van der Waals surface area (Å²) in [4.78, 5) is 16.8. The van der Waals surface area contributed by atoms with E-state index in [9.17, 15) is 4.79 Å². The molecule has 160 valence electrons. The van der Waals surface area contributed by atoms with E-state index >= 15 is 0 Å². The standard InChI is InChI=1S/C29H27O2S/c30-28(31-29(21-9-10-22-29)24-11-7-8-12-24)23-17-19-27(20-18-23)32(25-13-3-1-4-14-25)26-15-5-2-6-16-26/h1-7,9-11,13-20,24H,8,12,21-22H2/q+1. The maximum Gasteiger partial charge on any atom is 0.338 e. The Labute approximate surface area is 193 Å². The fourth-order valence-electron chi connectivity index (χ4n) is 4.67. The van der Waals surface area contributed by atoms with Gasteiger partial charge in [0.15, 0.2) is 14.7 Å². The highest BCUT2D eigenvalue weighted by Crippen LogP contribution is 2.41. The van der Waals surface area contributed by atoms with Crippen molar-refractivity contribution in [2.75, 3.05) is 0 Å². The Morgan fingerprint density at radius 2 is 1.31 bits per heavy atom. The van der Waals surface area contributed by atoms with Gasteiger partial charge in [0.1, 0.15) is 5.60 Å². The van der Waals surface area contributed by atoms with E-state index in [0.29, 0.717) is 11.5 Å². The molecule has 0 amide bonds. The number of hydrogen-bond donors (Lipinski definition) is 0. The Balaban J connectivity index is 1.40. The number of rotatable bonds is 6. The normalized spacial score (nSPS) is 18.8. The third-order valence-corrected chi connectivity index (χ3v) is 8.59. The van der Waals surface area contributed by atoms with Crippen LogP contribution in [0.1, 0.15) is 36.0 Å². The Kier molecular flexibility index (Phi) is 6.00. The monoisotopic (exact) mass is 439 g/mol. The summed E-state index contributed by atoms with van der Waals surface area (Å²) in [6, 6.07) is 29.1. The van der Waals surface area contributed by atoms with Crippen molar-refractivity contribution in [2.45, 2.75) is 46.0 Å². The SMILES string of the molecule is O=C(OC1(C2C=CCC2)CC=CC1)c1ccc([S+](c2ccccc2)c2ccccc2)cc1. The van der Waals surface area contributed by atoms with Crippen molar-refractivity contribution in [1.82, 2.24) is 0 Å². The molecule has 0 aliphatic heterocycles. The average Bonchev–Trinajstić information content (AvgIpc) is 3.54. The van der Waals surface area contributed by atoms with Gasteiger partial charge in [0.05, 0.1) is 16.5 Å². The highest BCUT2D eigenvalue weighted by molar-refractivity contribution is 7.97. The van der Waals surface area contributed by atoms with Crippen LogP contribution in [0.2, 0.25) is 0 Å². The summed E-state index contributed by atoms with van der Waals surface area (Å²) in [5, 5.41) is 0. The van der Waals surface area contributed by atoms with Gasteiger partial charge in [-0.15, -0.1) is 0 Å². The molecular weight excluding hydrogens is 412 g/mol. The van der Waals surface area contributed by atoms with Crippen LogP contribution in [0.3, 0.4) is 0 Å². The lowest BCUT2D eigenvalue weighted by atomic mass is 9.84. The molecule has 5 rings (SSSR count). The zero-order valence-electron chi connectivity index (χ0n) is 18.0. The van der Waals surface area contributed by atoms with Crippen LogP contribution in [0.25, 0.3) is 0 Å². The van der Waals surface area contributed by atoms with E-state index in [1.807, 2.05) is 24.3 Å². The van der Waals surface area contributed by atoms with Crippen molar-refractivity contribution >= 4 is 16.9 Å². The van der Waals surface area contributed by atoms with E-state index < -0.39 is 5.60 Å². The van der Waals surface area contributed by atoms with Gasteiger partial charge in [-0.1, -0.05) is 60.7 Å². The predicted octanol–water partition coefficient (Wildman–Crippen LogP) is 6.99. The maximum atomic E-state index is 13.1. The first-order valence-electron chi connectivity index (χ1n) is 11.2. The fraction of sp³-hybridized carbons (Fsp3) is 0.207. The number of carbonyl (C=O) groups excluding carboxylic acids is 1. The van der Waals surface area contributed by atoms with Gasteiger partial charge < -0.3 is 4.74 Å². The minimum absolute atomic E-state index is 0.222. The van der Waals surface area contributed by atoms with Gasteiger partial charge in [-0.2, -0.15) is 0 Å². The van der Waals surface area contributed by atoms with E-state index in [4.69, 9.17) is 4.74 Å². The lowest BCUT2D eigenvalue weighted by Crippen LogP contribution is -2.39. The molecular formula is C29H27O2S+. The minimum Gasteiger partial charge on any atom is -0.454 e. The highest BCUT2D eigenvalue weighted by atomic mass is 32.2. The van der Waals surface area contributed by atoms with Crippen LogP contribution in [0.15, 0.2) is 124 Å². The molecule has 3 aromatic carbocycles. The second-order valence-corrected chi connectivity index (χ2v) is 10.4. The average molecular weight is 440 g/mol. The number of allylic oxidation sites excluding steroid dienone is 1. The van der Waals surface area contributed by atoms with Crippen LogP contribution in [-0.4, -0.2) is 11.6 Å². The topological polar surface area (TPSA) is 26.3 Å². The zero-order valence-corrected chi connectivity index (χ0v) is 18.8. The van der Waals surface area contributed by atoms with Crippen LogP contribution in [0, 0.1) is 5.92 Å². The van der Waals surface area contributed by atoms with Gasteiger partial charge in [-0.05, 0) is 61.4 Å². The third kappa shape index (κ3) is 4.18.